The van der Waals surface area contributed by atoms with Gasteiger partial charge in [0.15, 0.2) is 0 Å². The second-order valence-corrected chi connectivity index (χ2v) is 5.18. The van der Waals surface area contributed by atoms with E-state index in [0.717, 1.165) is 37.8 Å². The van der Waals surface area contributed by atoms with Gasteiger partial charge >= 0.3 is 5.69 Å². The van der Waals surface area contributed by atoms with Crippen molar-refractivity contribution in [2.24, 2.45) is 5.92 Å². The first kappa shape index (κ1) is 14.9. The second kappa shape index (κ2) is 6.76. The Kier molecular flexibility index (Phi) is 5.03. The number of nitro groups is 1. The molecule has 1 aliphatic rings. The molecule has 1 aliphatic carbocycles. The van der Waals surface area contributed by atoms with Crippen LogP contribution in [0.5, 0.6) is 0 Å². The SMILES string of the molecule is O=[N+]([O-])c1ccc(COC2CCC(CO)CC2)cc1F. The fourth-order valence-corrected chi connectivity index (χ4v) is 2.48. The van der Waals surface area contributed by atoms with Gasteiger partial charge in [-0.15, -0.1) is 0 Å². The number of rotatable bonds is 5. The lowest BCUT2D eigenvalue weighted by Crippen LogP contribution is -2.23. The summed E-state index contributed by atoms with van der Waals surface area (Å²) < 4.78 is 19.1. The van der Waals surface area contributed by atoms with Crippen molar-refractivity contribution < 1.29 is 19.2 Å². The number of benzene rings is 1. The minimum Gasteiger partial charge on any atom is -0.396 e. The Balaban J connectivity index is 1.85. The average molecular weight is 283 g/mol. The number of hydrogen-bond donors (Lipinski definition) is 1. The summed E-state index contributed by atoms with van der Waals surface area (Å²) >= 11 is 0. The van der Waals surface area contributed by atoms with Crippen LogP contribution >= 0.6 is 0 Å². The molecule has 5 nitrogen and oxygen atoms in total. The molecule has 0 unspecified atom stereocenters. The number of nitrogens with zero attached hydrogens (tertiary/aromatic N) is 1. The van der Waals surface area contributed by atoms with Gasteiger partial charge in [0.05, 0.1) is 17.6 Å². The highest BCUT2D eigenvalue weighted by Gasteiger charge is 2.21. The third-order valence-corrected chi connectivity index (χ3v) is 3.75. The number of nitro benzene ring substituents is 1. The third-order valence-electron chi connectivity index (χ3n) is 3.75. The van der Waals surface area contributed by atoms with Crippen molar-refractivity contribution in [3.8, 4) is 0 Å². The zero-order chi connectivity index (χ0) is 14.5. The lowest BCUT2D eigenvalue weighted by Gasteiger charge is -2.27. The molecule has 1 fully saturated rings. The van der Waals surface area contributed by atoms with Crippen LogP contribution < -0.4 is 0 Å². The van der Waals surface area contributed by atoms with Crippen molar-refractivity contribution in [2.75, 3.05) is 6.61 Å². The molecule has 1 N–H and O–H groups in total. The topological polar surface area (TPSA) is 72.6 Å². The van der Waals surface area contributed by atoms with Crippen molar-refractivity contribution in [1.82, 2.24) is 0 Å². The van der Waals surface area contributed by atoms with E-state index in [0.29, 0.717) is 11.5 Å². The first-order valence-corrected chi connectivity index (χ1v) is 6.75. The Morgan fingerprint density at radius 2 is 2.05 bits per heavy atom. The first-order valence-electron chi connectivity index (χ1n) is 6.75. The quantitative estimate of drug-likeness (QED) is 0.666. The highest BCUT2D eigenvalue weighted by molar-refractivity contribution is 5.34. The second-order valence-electron chi connectivity index (χ2n) is 5.18. The Bertz CT molecular complexity index is 472. The Labute approximate surface area is 116 Å². The van der Waals surface area contributed by atoms with Gasteiger partial charge in [-0.25, -0.2) is 0 Å². The van der Waals surface area contributed by atoms with E-state index in [-0.39, 0.29) is 19.3 Å². The van der Waals surface area contributed by atoms with E-state index in [1.807, 2.05) is 0 Å². The fourth-order valence-electron chi connectivity index (χ4n) is 2.48. The van der Waals surface area contributed by atoms with Gasteiger partial charge in [-0.05, 0) is 49.3 Å². The summed E-state index contributed by atoms with van der Waals surface area (Å²) in [5.74, 6) is -0.466. The van der Waals surface area contributed by atoms with Gasteiger partial charge in [-0.2, -0.15) is 4.39 Å². The molecule has 20 heavy (non-hydrogen) atoms. The molecule has 6 heteroatoms. The highest BCUT2D eigenvalue weighted by atomic mass is 19.1. The predicted octanol–water partition coefficient (Wildman–Crippen LogP) is 2.80. The van der Waals surface area contributed by atoms with E-state index in [2.05, 4.69) is 0 Å². The van der Waals surface area contributed by atoms with Crippen LogP contribution in [0.3, 0.4) is 0 Å². The normalized spacial score (nSPS) is 22.7. The van der Waals surface area contributed by atoms with Crippen molar-refractivity contribution in [1.29, 1.82) is 0 Å². The van der Waals surface area contributed by atoms with Crippen LogP contribution in [0.1, 0.15) is 31.2 Å². The van der Waals surface area contributed by atoms with Gasteiger partial charge < -0.3 is 9.84 Å². The molecule has 0 atom stereocenters. The molecule has 0 radical (unpaired) electrons. The largest absolute Gasteiger partial charge is 0.396 e. The molecule has 2 rings (SSSR count). The van der Waals surface area contributed by atoms with E-state index in [4.69, 9.17) is 9.84 Å². The van der Waals surface area contributed by atoms with Crippen LogP contribution in [0.15, 0.2) is 18.2 Å². The van der Waals surface area contributed by atoms with Crippen LogP contribution in [0.2, 0.25) is 0 Å². The first-order chi connectivity index (χ1) is 9.60. The van der Waals surface area contributed by atoms with Gasteiger partial charge in [-0.3, -0.25) is 10.1 Å². The van der Waals surface area contributed by atoms with Crippen molar-refractivity contribution in [2.45, 2.75) is 38.4 Å². The summed E-state index contributed by atoms with van der Waals surface area (Å²) in [5, 5.41) is 19.6. The molecule has 1 aromatic carbocycles. The number of hydrogen-bond acceptors (Lipinski definition) is 4. The standard InChI is InChI=1S/C14H18FNO4/c15-13-7-11(3-6-14(13)16(18)19)9-20-12-4-1-10(8-17)2-5-12/h3,6-7,10,12,17H,1-2,4-5,8-9H2. The monoisotopic (exact) mass is 283 g/mol. The summed E-state index contributed by atoms with van der Waals surface area (Å²) in [7, 11) is 0. The van der Waals surface area contributed by atoms with Crippen LogP contribution in [-0.2, 0) is 11.3 Å². The smallest absolute Gasteiger partial charge is 0.304 e. The molecule has 0 heterocycles. The molecule has 0 amide bonds. The third kappa shape index (κ3) is 3.74. The highest BCUT2D eigenvalue weighted by Crippen LogP contribution is 2.27. The van der Waals surface area contributed by atoms with E-state index >= 15 is 0 Å². The van der Waals surface area contributed by atoms with E-state index in [9.17, 15) is 14.5 Å². The number of aliphatic hydroxyl groups is 1. The van der Waals surface area contributed by atoms with Crippen LogP contribution in [-0.4, -0.2) is 22.7 Å². The zero-order valence-corrected chi connectivity index (χ0v) is 11.1. The molecular formula is C14H18FNO4. The van der Waals surface area contributed by atoms with Gasteiger partial charge in [0.25, 0.3) is 0 Å². The molecule has 0 aromatic heterocycles. The van der Waals surface area contributed by atoms with Gasteiger partial charge in [-0.1, -0.05) is 0 Å². The predicted molar refractivity (Wildman–Crippen MR) is 70.7 cm³/mol. The molecule has 110 valence electrons. The van der Waals surface area contributed by atoms with Gasteiger partial charge in [0.1, 0.15) is 0 Å². The number of ether oxygens (including phenoxy) is 1. The Morgan fingerprint density at radius 1 is 1.35 bits per heavy atom. The van der Waals surface area contributed by atoms with Crippen LogP contribution in [0, 0.1) is 21.8 Å². The molecule has 0 aliphatic heterocycles. The van der Waals surface area contributed by atoms with Gasteiger partial charge in [0, 0.05) is 12.7 Å². The van der Waals surface area contributed by atoms with E-state index in [1.165, 1.54) is 6.07 Å². The van der Waals surface area contributed by atoms with Crippen LogP contribution in [0.4, 0.5) is 10.1 Å². The summed E-state index contributed by atoms with van der Waals surface area (Å²) in [6, 6.07) is 3.83. The average Bonchev–Trinajstić information content (AvgIpc) is 2.45. The molecular weight excluding hydrogens is 265 g/mol. The molecule has 0 spiro atoms. The lowest BCUT2D eigenvalue weighted by atomic mass is 9.88. The maximum Gasteiger partial charge on any atom is 0.304 e. The Morgan fingerprint density at radius 3 is 2.60 bits per heavy atom. The summed E-state index contributed by atoms with van der Waals surface area (Å²) in [4.78, 5) is 9.77. The minimum atomic E-state index is -0.833. The maximum atomic E-state index is 13.4. The zero-order valence-electron chi connectivity index (χ0n) is 11.1. The number of halogens is 1. The van der Waals surface area contributed by atoms with Crippen molar-refractivity contribution in [3.05, 3.63) is 39.7 Å². The number of aliphatic hydroxyl groups excluding tert-OH is 1. The van der Waals surface area contributed by atoms with E-state index < -0.39 is 16.4 Å². The van der Waals surface area contributed by atoms with E-state index in [1.54, 1.807) is 0 Å². The van der Waals surface area contributed by atoms with Crippen LogP contribution in [0.25, 0.3) is 0 Å². The lowest BCUT2D eigenvalue weighted by molar-refractivity contribution is -0.387. The fraction of sp³-hybridized carbons (Fsp3) is 0.571. The summed E-state index contributed by atoms with van der Waals surface area (Å²) in [6.07, 6.45) is 3.78. The molecule has 0 bridgehead atoms. The van der Waals surface area contributed by atoms with Crippen molar-refractivity contribution in [3.63, 3.8) is 0 Å². The summed E-state index contributed by atoms with van der Waals surface area (Å²) in [5.41, 5.74) is 0.0783. The minimum absolute atomic E-state index is 0.121. The molecule has 1 aromatic rings. The molecule has 1 saturated carbocycles. The Hall–Kier alpha value is -1.53. The van der Waals surface area contributed by atoms with Crippen molar-refractivity contribution >= 4 is 5.69 Å². The molecule has 0 saturated heterocycles. The maximum absolute atomic E-state index is 13.4. The van der Waals surface area contributed by atoms with Gasteiger partial charge in [0.2, 0.25) is 5.82 Å². The summed E-state index contributed by atoms with van der Waals surface area (Å²) in [6.45, 7) is 0.476.